The summed E-state index contributed by atoms with van der Waals surface area (Å²) in [6.45, 7) is 0. The first-order valence-electron chi connectivity index (χ1n) is 5.97. The van der Waals surface area contributed by atoms with Crippen molar-refractivity contribution in [1.29, 1.82) is 0 Å². The molecule has 0 aliphatic heterocycles. The Hall–Kier alpha value is -0.810. The van der Waals surface area contributed by atoms with Crippen LogP contribution < -0.4 is 0 Å². The zero-order valence-corrected chi connectivity index (χ0v) is 10.7. The maximum absolute atomic E-state index is 13.7. The van der Waals surface area contributed by atoms with Crippen molar-refractivity contribution in [3.8, 4) is 0 Å². The molecule has 1 aliphatic rings. The van der Waals surface area contributed by atoms with E-state index in [2.05, 4.69) is 0 Å². The fraction of sp³-hybridized carbons (Fsp3) is 0.538. The Bertz CT molecular complexity index is 464. The van der Waals surface area contributed by atoms with Gasteiger partial charge in [0, 0.05) is 10.6 Å². The average molecular weight is 297 g/mol. The molecule has 2 rings (SSSR count). The zero-order valence-electron chi connectivity index (χ0n) is 9.97. The van der Waals surface area contributed by atoms with Crippen molar-refractivity contribution in [3.63, 3.8) is 0 Å². The van der Waals surface area contributed by atoms with E-state index in [0.29, 0.717) is 0 Å². The number of aliphatic hydroxyl groups is 1. The van der Waals surface area contributed by atoms with Crippen LogP contribution in [0.15, 0.2) is 18.2 Å². The minimum absolute atomic E-state index is 0.0255. The first kappa shape index (κ1) is 14.6. The van der Waals surface area contributed by atoms with Crippen molar-refractivity contribution in [2.75, 3.05) is 0 Å². The Morgan fingerprint density at radius 1 is 1.21 bits per heavy atom. The SMILES string of the molecule is OC1(c2ccc(Cl)cc2F)CCC(C(F)(F)F)CC1. The molecule has 1 saturated carbocycles. The summed E-state index contributed by atoms with van der Waals surface area (Å²) in [5.41, 5.74) is -1.51. The van der Waals surface area contributed by atoms with Crippen LogP contribution in [0.2, 0.25) is 5.02 Å². The van der Waals surface area contributed by atoms with Gasteiger partial charge < -0.3 is 5.11 Å². The van der Waals surface area contributed by atoms with Crippen LogP contribution in [0.25, 0.3) is 0 Å². The Balaban J connectivity index is 2.18. The minimum atomic E-state index is -4.25. The number of halogens is 5. The lowest BCUT2D eigenvalue weighted by molar-refractivity contribution is -0.193. The molecule has 1 aliphatic carbocycles. The summed E-state index contributed by atoms with van der Waals surface area (Å²) in [5.74, 6) is -2.09. The van der Waals surface area contributed by atoms with E-state index in [0.717, 1.165) is 6.07 Å². The smallest absolute Gasteiger partial charge is 0.385 e. The zero-order chi connectivity index (χ0) is 14.3. The van der Waals surface area contributed by atoms with E-state index in [4.69, 9.17) is 11.6 Å². The summed E-state index contributed by atoms with van der Waals surface area (Å²) in [7, 11) is 0. The maximum Gasteiger partial charge on any atom is 0.391 e. The van der Waals surface area contributed by atoms with Crippen molar-refractivity contribution >= 4 is 11.6 Å². The highest BCUT2D eigenvalue weighted by Gasteiger charge is 2.46. The Kier molecular flexibility index (Phi) is 3.80. The molecule has 19 heavy (non-hydrogen) atoms. The topological polar surface area (TPSA) is 20.2 Å². The number of alkyl halides is 3. The van der Waals surface area contributed by atoms with E-state index >= 15 is 0 Å². The number of hydrogen-bond donors (Lipinski definition) is 1. The normalized spacial score (nSPS) is 28.4. The third-order valence-corrected chi connectivity index (χ3v) is 3.94. The van der Waals surface area contributed by atoms with Gasteiger partial charge in [-0.25, -0.2) is 4.39 Å². The van der Waals surface area contributed by atoms with E-state index in [-0.39, 0.29) is 36.3 Å². The highest BCUT2D eigenvalue weighted by molar-refractivity contribution is 6.30. The molecule has 1 fully saturated rings. The molecule has 0 atom stereocenters. The molecular formula is C13H13ClF4O. The molecule has 106 valence electrons. The molecule has 0 aromatic heterocycles. The molecule has 1 aromatic rings. The van der Waals surface area contributed by atoms with Crippen molar-refractivity contribution in [2.45, 2.75) is 37.5 Å². The molecule has 0 amide bonds. The standard InChI is InChI=1S/C13H13ClF4O/c14-9-1-2-10(11(15)7-9)12(19)5-3-8(4-6-12)13(16,17)18/h1-2,7-8,19H,3-6H2. The van der Waals surface area contributed by atoms with Gasteiger partial charge in [0.2, 0.25) is 0 Å². The van der Waals surface area contributed by atoms with E-state index in [1.54, 1.807) is 0 Å². The van der Waals surface area contributed by atoms with Crippen LogP contribution in [0.1, 0.15) is 31.2 Å². The van der Waals surface area contributed by atoms with Crippen LogP contribution in [-0.4, -0.2) is 11.3 Å². The molecule has 0 bridgehead atoms. The van der Waals surface area contributed by atoms with Crippen molar-refractivity contribution in [2.24, 2.45) is 5.92 Å². The van der Waals surface area contributed by atoms with E-state index < -0.39 is 23.5 Å². The van der Waals surface area contributed by atoms with Gasteiger partial charge in [0.1, 0.15) is 5.82 Å². The predicted octanol–water partition coefficient (Wildman–Crippen LogP) is 4.42. The summed E-state index contributed by atoms with van der Waals surface area (Å²) in [6, 6.07) is 3.82. The van der Waals surface area contributed by atoms with Gasteiger partial charge in [0.15, 0.2) is 0 Å². The third kappa shape index (κ3) is 3.03. The molecule has 1 nitrogen and oxygen atoms in total. The number of hydrogen-bond acceptors (Lipinski definition) is 1. The van der Waals surface area contributed by atoms with Gasteiger partial charge in [-0.05, 0) is 37.8 Å². The monoisotopic (exact) mass is 296 g/mol. The van der Waals surface area contributed by atoms with Crippen molar-refractivity contribution < 1.29 is 22.7 Å². The van der Waals surface area contributed by atoms with Crippen LogP contribution in [0, 0.1) is 11.7 Å². The highest BCUT2D eigenvalue weighted by atomic mass is 35.5. The number of rotatable bonds is 1. The molecule has 0 heterocycles. The van der Waals surface area contributed by atoms with Gasteiger partial charge >= 0.3 is 6.18 Å². The minimum Gasteiger partial charge on any atom is -0.385 e. The van der Waals surface area contributed by atoms with Crippen LogP contribution in [-0.2, 0) is 5.60 Å². The number of benzene rings is 1. The van der Waals surface area contributed by atoms with E-state index in [1.807, 2.05) is 0 Å². The first-order valence-corrected chi connectivity index (χ1v) is 6.35. The average Bonchev–Trinajstić information content (AvgIpc) is 2.27. The molecule has 1 N–H and O–H groups in total. The van der Waals surface area contributed by atoms with E-state index in [9.17, 15) is 22.7 Å². The Morgan fingerprint density at radius 2 is 1.79 bits per heavy atom. The molecule has 6 heteroatoms. The van der Waals surface area contributed by atoms with Crippen molar-refractivity contribution in [1.82, 2.24) is 0 Å². The van der Waals surface area contributed by atoms with Gasteiger partial charge in [0.05, 0.1) is 11.5 Å². The van der Waals surface area contributed by atoms with Gasteiger partial charge in [0.25, 0.3) is 0 Å². The third-order valence-electron chi connectivity index (χ3n) is 3.71. The van der Waals surface area contributed by atoms with Crippen LogP contribution in [0.5, 0.6) is 0 Å². The fourth-order valence-corrected chi connectivity index (χ4v) is 2.72. The Labute approximate surface area is 113 Å². The van der Waals surface area contributed by atoms with Gasteiger partial charge in [-0.1, -0.05) is 17.7 Å². The lowest BCUT2D eigenvalue weighted by atomic mass is 9.75. The molecular weight excluding hydrogens is 284 g/mol. The summed E-state index contributed by atoms with van der Waals surface area (Å²) in [6.07, 6.45) is -4.84. The highest BCUT2D eigenvalue weighted by Crippen LogP contribution is 2.45. The van der Waals surface area contributed by atoms with Gasteiger partial charge in [-0.2, -0.15) is 13.2 Å². The van der Waals surface area contributed by atoms with Crippen LogP contribution in [0.3, 0.4) is 0 Å². The van der Waals surface area contributed by atoms with E-state index in [1.165, 1.54) is 12.1 Å². The van der Waals surface area contributed by atoms with Crippen LogP contribution >= 0.6 is 11.6 Å². The maximum atomic E-state index is 13.7. The summed E-state index contributed by atoms with van der Waals surface area (Å²) < 4.78 is 51.4. The predicted molar refractivity (Wildman–Crippen MR) is 63.3 cm³/mol. The quantitative estimate of drug-likeness (QED) is 0.761. The second kappa shape index (κ2) is 4.94. The summed E-state index contributed by atoms with van der Waals surface area (Å²) in [5, 5.41) is 10.5. The Morgan fingerprint density at radius 3 is 2.26 bits per heavy atom. The molecule has 0 spiro atoms. The fourth-order valence-electron chi connectivity index (χ4n) is 2.56. The molecule has 1 aromatic carbocycles. The lowest BCUT2D eigenvalue weighted by Crippen LogP contribution is -2.37. The first-order chi connectivity index (χ1) is 8.72. The second-order valence-corrected chi connectivity index (χ2v) is 5.41. The second-order valence-electron chi connectivity index (χ2n) is 4.97. The lowest BCUT2D eigenvalue weighted by Gasteiger charge is -2.37. The molecule has 0 saturated heterocycles. The molecule has 0 radical (unpaired) electrons. The van der Waals surface area contributed by atoms with Crippen LogP contribution in [0.4, 0.5) is 17.6 Å². The largest absolute Gasteiger partial charge is 0.391 e. The van der Waals surface area contributed by atoms with Crippen molar-refractivity contribution in [3.05, 3.63) is 34.6 Å². The summed E-state index contributed by atoms with van der Waals surface area (Å²) in [4.78, 5) is 0. The summed E-state index contributed by atoms with van der Waals surface area (Å²) >= 11 is 5.61. The van der Waals surface area contributed by atoms with Gasteiger partial charge in [-0.3, -0.25) is 0 Å². The molecule has 0 unspecified atom stereocenters. The van der Waals surface area contributed by atoms with Gasteiger partial charge in [-0.15, -0.1) is 0 Å².